The van der Waals surface area contributed by atoms with E-state index in [0.29, 0.717) is 48.6 Å². The minimum Gasteiger partial charge on any atom is -0.415 e. The monoisotopic (exact) mass is 800 g/mol. The molecule has 1 heterocycles. The van der Waals surface area contributed by atoms with Crippen LogP contribution in [0.5, 0.6) is 0 Å². The maximum absolute atomic E-state index is 8.52. The second-order valence-corrected chi connectivity index (χ2v) is 31.8. The third-order valence-electron chi connectivity index (χ3n) is 13.5. The first kappa shape index (κ1) is 43.7. The second kappa shape index (κ2) is 22.5. The molecule has 52 heavy (non-hydrogen) atoms. The van der Waals surface area contributed by atoms with Crippen LogP contribution in [0.2, 0.25) is 46.3 Å². The Balaban J connectivity index is 1.75. The van der Waals surface area contributed by atoms with Crippen molar-refractivity contribution in [3.8, 4) is 0 Å². The average Bonchev–Trinajstić information content (AvgIpc) is 3.19. The van der Waals surface area contributed by atoms with Gasteiger partial charge in [0.05, 0.1) is 0 Å². The summed E-state index contributed by atoms with van der Waals surface area (Å²) in [6, 6.07) is 3.56. The van der Waals surface area contributed by atoms with Crippen LogP contribution < -0.4 is 0 Å². The molecule has 4 aliphatic carbocycles. The van der Waals surface area contributed by atoms with Gasteiger partial charge in [-0.05, 0) is 79.1 Å². The Labute approximate surface area is 323 Å². The van der Waals surface area contributed by atoms with Crippen molar-refractivity contribution >= 4 is 34.2 Å². The van der Waals surface area contributed by atoms with Crippen LogP contribution in [-0.4, -0.2) is 87.1 Å². The smallest absolute Gasteiger partial charge is 0.326 e. The van der Waals surface area contributed by atoms with Crippen molar-refractivity contribution in [2.75, 3.05) is 52.9 Å². The van der Waals surface area contributed by atoms with Crippen molar-refractivity contribution in [1.82, 2.24) is 0 Å². The van der Waals surface area contributed by atoms with Crippen LogP contribution >= 0.6 is 0 Å². The lowest BCUT2D eigenvalue weighted by atomic mass is 10.0. The molecule has 5 aliphatic rings. The van der Waals surface area contributed by atoms with Gasteiger partial charge in [-0.15, -0.1) is 0 Å². The molecule has 4 saturated carbocycles. The van der Waals surface area contributed by atoms with Crippen LogP contribution in [0.25, 0.3) is 0 Å². The van der Waals surface area contributed by atoms with Crippen molar-refractivity contribution in [2.45, 2.75) is 202 Å². The summed E-state index contributed by atoms with van der Waals surface area (Å²) in [6.45, 7) is 14.3. The molecule has 12 heteroatoms. The summed E-state index contributed by atoms with van der Waals surface area (Å²) in [5.74, 6) is 0. The van der Waals surface area contributed by atoms with E-state index in [1.54, 1.807) is 0 Å². The third kappa shape index (κ3) is 11.4. The van der Waals surface area contributed by atoms with E-state index >= 15 is 0 Å². The Morgan fingerprint density at radius 2 is 0.519 bits per heavy atom. The van der Waals surface area contributed by atoms with E-state index in [9.17, 15) is 0 Å². The molecule has 1 aliphatic heterocycles. The maximum Gasteiger partial charge on any atom is 0.326 e. The zero-order chi connectivity index (χ0) is 36.6. The molecule has 304 valence electrons. The number of rotatable bonds is 20. The summed E-state index contributed by atoms with van der Waals surface area (Å²) in [5.41, 5.74) is 1.80. The molecular weight excluding hydrogens is 721 g/mol. The highest BCUT2D eigenvalue weighted by atomic mass is 28.5. The van der Waals surface area contributed by atoms with Gasteiger partial charge < -0.3 is 35.4 Å². The van der Waals surface area contributed by atoms with Crippen molar-refractivity contribution in [2.24, 2.45) is 0 Å². The summed E-state index contributed by atoms with van der Waals surface area (Å²) < 4.78 is 59.4. The van der Waals surface area contributed by atoms with E-state index in [4.69, 9.17) is 35.4 Å². The second-order valence-electron chi connectivity index (χ2n) is 16.8. The largest absolute Gasteiger partial charge is 0.415 e. The molecule has 0 amide bonds. The lowest BCUT2D eigenvalue weighted by Gasteiger charge is -2.60. The molecule has 5 fully saturated rings. The van der Waals surface area contributed by atoms with Gasteiger partial charge in [0, 0.05) is 99.2 Å². The van der Waals surface area contributed by atoms with Crippen molar-refractivity contribution in [3.05, 3.63) is 0 Å². The molecule has 0 atom stereocenters. The van der Waals surface area contributed by atoms with Crippen LogP contribution in [0.3, 0.4) is 0 Å². The SMILES string of the molecule is CCOCC[Si]1(C2CCCCC2)O[Si](CCOCC)(C2CCCCC2)O[Si](CCOCC)(C2CCCCC2)O[Si](CCOCC)(C2CCCCC2)O1. The molecule has 0 unspecified atom stereocenters. The van der Waals surface area contributed by atoms with E-state index in [-0.39, 0.29) is 0 Å². The van der Waals surface area contributed by atoms with Crippen LogP contribution in [0, 0.1) is 0 Å². The lowest BCUT2D eigenvalue weighted by Crippen LogP contribution is -2.74. The van der Waals surface area contributed by atoms with Crippen LogP contribution in [0.1, 0.15) is 156 Å². The average molecular weight is 801 g/mol. The molecule has 0 N–H and O–H groups in total. The van der Waals surface area contributed by atoms with Gasteiger partial charge in [0.1, 0.15) is 0 Å². The van der Waals surface area contributed by atoms with Gasteiger partial charge in [-0.3, -0.25) is 0 Å². The van der Waals surface area contributed by atoms with Crippen molar-refractivity contribution < 1.29 is 35.4 Å². The van der Waals surface area contributed by atoms with Gasteiger partial charge in [-0.25, -0.2) is 0 Å². The van der Waals surface area contributed by atoms with Gasteiger partial charge in [0.15, 0.2) is 0 Å². The molecule has 0 spiro atoms. The summed E-state index contributed by atoms with van der Waals surface area (Å²) in [4.78, 5) is 0. The minimum atomic E-state index is -2.98. The van der Waals surface area contributed by atoms with Crippen LogP contribution in [0.4, 0.5) is 0 Å². The first-order valence-electron chi connectivity index (χ1n) is 22.6. The van der Waals surface area contributed by atoms with E-state index < -0.39 is 34.2 Å². The molecule has 0 radical (unpaired) electrons. The first-order valence-corrected chi connectivity index (χ1v) is 31.0. The third-order valence-corrected chi connectivity index (χ3v) is 35.4. The number of ether oxygens (including phenoxy) is 4. The Morgan fingerprint density at radius 3 is 0.692 bits per heavy atom. The van der Waals surface area contributed by atoms with E-state index in [1.807, 2.05) is 0 Å². The fourth-order valence-corrected chi connectivity index (χ4v) is 39.4. The highest BCUT2D eigenvalue weighted by Gasteiger charge is 2.68. The Bertz CT molecular complexity index is 809. The molecule has 0 aromatic carbocycles. The normalized spacial score (nSPS) is 33.9. The minimum absolute atomic E-state index is 0.450. The Kier molecular flexibility index (Phi) is 18.9. The topological polar surface area (TPSA) is 73.8 Å². The van der Waals surface area contributed by atoms with E-state index in [1.165, 1.54) is 128 Å². The summed E-state index contributed by atoms with van der Waals surface area (Å²) in [5, 5.41) is 0. The molecule has 8 nitrogen and oxygen atoms in total. The van der Waals surface area contributed by atoms with Crippen molar-refractivity contribution in [3.63, 3.8) is 0 Å². The molecule has 5 rings (SSSR count). The molecule has 0 aromatic heterocycles. The standard InChI is InChI=1S/C40H80O8Si4/c1-5-41-29-33-49(37-21-13-9-14-22-37)45-50(34-30-42-6-2,38-23-15-10-16-24-38)47-52(36-32-44-8-4,40-27-19-12-20-28-40)48-51(46-49,35-31-43-7-3)39-25-17-11-18-26-39/h37-40H,5-36H2,1-4H3. The van der Waals surface area contributed by atoms with E-state index in [2.05, 4.69) is 27.7 Å². The zero-order valence-electron chi connectivity index (χ0n) is 34.2. The lowest BCUT2D eigenvalue weighted by molar-refractivity contribution is 0.115. The van der Waals surface area contributed by atoms with Crippen LogP contribution in [0.15, 0.2) is 0 Å². The van der Waals surface area contributed by atoms with E-state index in [0.717, 1.165) is 50.6 Å². The number of hydrogen-bond donors (Lipinski definition) is 0. The predicted molar refractivity (Wildman–Crippen MR) is 220 cm³/mol. The molecule has 1 saturated heterocycles. The fourth-order valence-electron chi connectivity index (χ4n) is 10.7. The first-order chi connectivity index (χ1) is 25.5. The molecule has 0 aromatic rings. The summed E-state index contributed by atoms with van der Waals surface area (Å²) in [7, 11) is -11.9. The zero-order valence-corrected chi connectivity index (χ0v) is 38.2. The predicted octanol–water partition coefficient (Wildman–Crippen LogP) is 11.3. The highest BCUT2D eigenvalue weighted by molar-refractivity contribution is 6.96. The van der Waals surface area contributed by atoms with Gasteiger partial charge >= 0.3 is 34.2 Å². The van der Waals surface area contributed by atoms with Gasteiger partial charge in [-0.1, -0.05) is 77.0 Å². The van der Waals surface area contributed by atoms with Crippen molar-refractivity contribution in [1.29, 1.82) is 0 Å². The Hall–Kier alpha value is 0.548. The highest BCUT2D eigenvalue weighted by Crippen LogP contribution is 2.57. The van der Waals surface area contributed by atoms with Gasteiger partial charge in [0.25, 0.3) is 0 Å². The molecular formula is C40H80O8Si4. The molecule has 0 bridgehead atoms. The van der Waals surface area contributed by atoms with Gasteiger partial charge in [-0.2, -0.15) is 0 Å². The number of hydrogen-bond acceptors (Lipinski definition) is 8. The van der Waals surface area contributed by atoms with Gasteiger partial charge in [0.2, 0.25) is 0 Å². The summed E-state index contributed by atoms with van der Waals surface area (Å²) >= 11 is 0. The quantitative estimate of drug-likeness (QED) is 0.0890. The Morgan fingerprint density at radius 1 is 0.327 bits per heavy atom. The fraction of sp³-hybridized carbons (Fsp3) is 1.00. The summed E-state index contributed by atoms with van der Waals surface area (Å²) in [6.07, 6.45) is 25.1. The maximum atomic E-state index is 8.52. The van der Waals surface area contributed by atoms with Crippen LogP contribution in [-0.2, 0) is 35.4 Å².